The maximum absolute atomic E-state index is 12.4. The number of carbonyl (C=O) groups excluding carboxylic acids is 1. The molecule has 0 fully saturated rings. The minimum Gasteiger partial charge on any atom is -0.481 e. The number of anilines is 1. The summed E-state index contributed by atoms with van der Waals surface area (Å²) in [5.41, 5.74) is 2.74. The van der Waals surface area contributed by atoms with Gasteiger partial charge in [0.05, 0.1) is 0 Å². The Bertz CT molecular complexity index is 750. The van der Waals surface area contributed by atoms with Crippen LogP contribution in [0.25, 0.3) is 0 Å². The number of hydrogen-bond acceptors (Lipinski definition) is 3. The Morgan fingerprint density at radius 1 is 1.27 bits per heavy atom. The van der Waals surface area contributed by atoms with Gasteiger partial charge in [-0.3, -0.25) is 4.79 Å². The molecule has 26 heavy (non-hydrogen) atoms. The number of hydrogen-bond donors (Lipinski definition) is 1. The van der Waals surface area contributed by atoms with Crippen molar-refractivity contribution in [3.63, 3.8) is 0 Å². The van der Waals surface area contributed by atoms with Crippen molar-refractivity contribution in [3.8, 4) is 5.75 Å². The summed E-state index contributed by atoms with van der Waals surface area (Å²) >= 11 is 5.97. The molecular weight excluding hydrogens is 348 g/mol. The molecule has 4 nitrogen and oxygen atoms in total. The zero-order valence-corrected chi connectivity index (χ0v) is 15.8. The third-order valence-electron chi connectivity index (χ3n) is 4.63. The van der Waals surface area contributed by atoms with Crippen LogP contribution in [-0.4, -0.2) is 31.6 Å². The van der Waals surface area contributed by atoms with Gasteiger partial charge >= 0.3 is 0 Å². The average molecular weight is 373 g/mol. The number of ether oxygens (including phenoxy) is 1. The number of nitrogens with one attached hydrogen (secondary N) is 1. The van der Waals surface area contributed by atoms with Gasteiger partial charge in [0.2, 0.25) is 0 Å². The number of halogens is 1. The van der Waals surface area contributed by atoms with Crippen molar-refractivity contribution in [1.82, 2.24) is 5.32 Å². The third kappa shape index (κ3) is 4.70. The predicted octanol–water partition coefficient (Wildman–Crippen LogP) is 4.07. The summed E-state index contributed by atoms with van der Waals surface area (Å²) in [6.45, 7) is 4.59. The van der Waals surface area contributed by atoms with Gasteiger partial charge < -0.3 is 15.0 Å². The number of benzene rings is 2. The van der Waals surface area contributed by atoms with Crippen LogP contribution in [0.2, 0.25) is 5.02 Å². The highest BCUT2D eigenvalue weighted by atomic mass is 35.5. The summed E-state index contributed by atoms with van der Waals surface area (Å²) in [6, 6.07) is 15.7. The normalized spacial score (nSPS) is 14.0. The molecule has 1 N–H and O–H groups in total. The molecule has 5 heteroatoms. The average Bonchev–Trinajstić information content (AvgIpc) is 3.06. The van der Waals surface area contributed by atoms with Crippen LogP contribution in [-0.2, 0) is 11.2 Å². The second kappa shape index (κ2) is 8.95. The van der Waals surface area contributed by atoms with Crippen molar-refractivity contribution >= 4 is 23.2 Å². The van der Waals surface area contributed by atoms with Crippen molar-refractivity contribution < 1.29 is 9.53 Å². The Morgan fingerprint density at radius 2 is 2.12 bits per heavy atom. The van der Waals surface area contributed by atoms with E-state index < -0.39 is 6.10 Å². The summed E-state index contributed by atoms with van der Waals surface area (Å²) in [5, 5.41) is 3.59. The quantitative estimate of drug-likeness (QED) is 0.710. The number of fused-ring (bicyclic) bond motifs is 1. The molecule has 1 aliphatic rings. The molecule has 138 valence electrons. The van der Waals surface area contributed by atoms with Gasteiger partial charge in [0, 0.05) is 30.3 Å². The molecular formula is C21H25ClN2O2. The molecule has 1 amide bonds. The Kier molecular flexibility index (Phi) is 6.40. The largest absolute Gasteiger partial charge is 0.481 e. The number of para-hydroxylation sites is 1. The molecule has 0 bridgehead atoms. The topological polar surface area (TPSA) is 41.6 Å². The minimum absolute atomic E-state index is 0.0747. The first kappa shape index (κ1) is 18.6. The fraction of sp³-hybridized carbons (Fsp3) is 0.381. The Hall–Kier alpha value is -2.20. The van der Waals surface area contributed by atoms with Gasteiger partial charge in [-0.2, -0.15) is 0 Å². The van der Waals surface area contributed by atoms with Crippen molar-refractivity contribution in [2.75, 3.05) is 24.5 Å². The molecule has 2 aromatic rings. The van der Waals surface area contributed by atoms with E-state index in [0.29, 0.717) is 23.7 Å². The van der Waals surface area contributed by atoms with Crippen LogP contribution in [0.3, 0.4) is 0 Å². The van der Waals surface area contributed by atoms with Crippen molar-refractivity contribution in [2.24, 2.45) is 0 Å². The molecule has 0 saturated carbocycles. The molecule has 1 atom stereocenters. The first-order valence-corrected chi connectivity index (χ1v) is 9.58. The minimum atomic E-state index is -0.499. The van der Waals surface area contributed by atoms with E-state index in [1.165, 1.54) is 11.3 Å². The Morgan fingerprint density at radius 3 is 2.92 bits per heavy atom. The molecule has 0 radical (unpaired) electrons. The fourth-order valence-corrected chi connectivity index (χ4v) is 3.44. The Labute approximate surface area is 160 Å². The van der Waals surface area contributed by atoms with Gasteiger partial charge in [0.15, 0.2) is 6.10 Å². The number of carbonyl (C=O) groups is 1. The lowest BCUT2D eigenvalue weighted by Gasteiger charge is -2.20. The van der Waals surface area contributed by atoms with Crippen molar-refractivity contribution in [2.45, 2.75) is 32.3 Å². The first-order chi connectivity index (χ1) is 12.7. The van der Waals surface area contributed by atoms with Crippen LogP contribution < -0.4 is 15.0 Å². The summed E-state index contributed by atoms with van der Waals surface area (Å²) in [7, 11) is 0. The van der Waals surface area contributed by atoms with E-state index in [9.17, 15) is 4.79 Å². The van der Waals surface area contributed by atoms with Crippen LogP contribution >= 0.6 is 11.6 Å². The molecule has 0 spiro atoms. The summed E-state index contributed by atoms with van der Waals surface area (Å²) in [4.78, 5) is 14.8. The van der Waals surface area contributed by atoms with Gasteiger partial charge in [-0.05, 0) is 49.1 Å². The van der Waals surface area contributed by atoms with E-state index in [1.54, 1.807) is 12.1 Å². The molecule has 3 rings (SSSR count). The lowest BCUT2D eigenvalue weighted by Crippen LogP contribution is -2.39. The van der Waals surface area contributed by atoms with Crippen LogP contribution in [0.5, 0.6) is 5.75 Å². The predicted molar refractivity (Wildman–Crippen MR) is 106 cm³/mol. The maximum Gasteiger partial charge on any atom is 0.261 e. The lowest BCUT2D eigenvalue weighted by molar-refractivity contribution is -0.128. The van der Waals surface area contributed by atoms with Crippen LogP contribution in [0.15, 0.2) is 48.5 Å². The summed E-state index contributed by atoms with van der Waals surface area (Å²) in [6.07, 6.45) is 2.13. The van der Waals surface area contributed by atoms with Gasteiger partial charge in [0.25, 0.3) is 5.91 Å². The van der Waals surface area contributed by atoms with Crippen molar-refractivity contribution in [3.05, 3.63) is 59.1 Å². The highest BCUT2D eigenvalue weighted by Gasteiger charge is 2.19. The van der Waals surface area contributed by atoms with Gasteiger partial charge in [-0.15, -0.1) is 0 Å². The lowest BCUT2D eigenvalue weighted by atomic mass is 10.2. The second-order valence-electron chi connectivity index (χ2n) is 6.48. The smallest absolute Gasteiger partial charge is 0.261 e. The van der Waals surface area contributed by atoms with E-state index in [4.69, 9.17) is 16.3 Å². The molecule has 0 aromatic heterocycles. The van der Waals surface area contributed by atoms with Crippen molar-refractivity contribution in [1.29, 1.82) is 0 Å². The van der Waals surface area contributed by atoms with E-state index >= 15 is 0 Å². The van der Waals surface area contributed by atoms with Gasteiger partial charge in [-0.1, -0.05) is 42.8 Å². The van der Waals surface area contributed by atoms with E-state index in [-0.39, 0.29) is 5.91 Å². The van der Waals surface area contributed by atoms with E-state index in [1.807, 2.05) is 19.1 Å². The fourth-order valence-electron chi connectivity index (χ4n) is 3.26. The monoisotopic (exact) mass is 372 g/mol. The summed E-state index contributed by atoms with van der Waals surface area (Å²) < 4.78 is 5.78. The van der Waals surface area contributed by atoms with Crippen LogP contribution in [0, 0.1) is 0 Å². The molecule has 0 unspecified atom stereocenters. The van der Waals surface area contributed by atoms with E-state index in [0.717, 1.165) is 25.9 Å². The number of rotatable bonds is 8. The van der Waals surface area contributed by atoms with E-state index in [2.05, 4.69) is 34.5 Å². The second-order valence-corrected chi connectivity index (χ2v) is 6.92. The molecule has 1 heterocycles. The zero-order valence-electron chi connectivity index (χ0n) is 15.1. The highest BCUT2D eigenvalue weighted by Crippen LogP contribution is 2.27. The first-order valence-electron chi connectivity index (χ1n) is 9.20. The highest BCUT2D eigenvalue weighted by molar-refractivity contribution is 6.30. The molecule has 0 aliphatic carbocycles. The SMILES string of the molecule is CC[C@H](Oc1cccc(Cl)c1)C(=O)NCCCN1CCc2ccccc21. The standard InChI is InChI=1S/C21H25ClN2O2/c1-2-20(26-18-9-5-8-17(22)15-18)21(25)23-12-6-13-24-14-11-16-7-3-4-10-19(16)24/h3-5,7-10,15,20H,2,6,11-14H2,1H3,(H,23,25)/t20-/m0/s1. The van der Waals surface area contributed by atoms with Gasteiger partial charge in [0.1, 0.15) is 5.75 Å². The number of nitrogens with zero attached hydrogens (tertiary/aromatic N) is 1. The van der Waals surface area contributed by atoms with Crippen LogP contribution in [0.4, 0.5) is 5.69 Å². The maximum atomic E-state index is 12.4. The third-order valence-corrected chi connectivity index (χ3v) is 4.86. The molecule has 1 aliphatic heterocycles. The molecule has 2 aromatic carbocycles. The van der Waals surface area contributed by atoms with Crippen LogP contribution in [0.1, 0.15) is 25.3 Å². The Balaban J connectivity index is 1.43. The summed E-state index contributed by atoms with van der Waals surface area (Å²) in [5.74, 6) is 0.544. The van der Waals surface area contributed by atoms with Gasteiger partial charge in [-0.25, -0.2) is 0 Å². The molecule has 0 saturated heterocycles. The zero-order chi connectivity index (χ0) is 18.4. The number of amides is 1.